The van der Waals surface area contributed by atoms with Crippen molar-refractivity contribution in [1.29, 1.82) is 0 Å². The Morgan fingerprint density at radius 1 is 1.22 bits per heavy atom. The van der Waals surface area contributed by atoms with Gasteiger partial charge in [0.1, 0.15) is 5.00 Å². The number of carbonyl (C=O) groups excluding carboxylic acids is 1. The van der Waals surface area contributed by atoms with E-state index in [1.807, 2.05) is 17.5 Å². The molecule has 2 aromatic rings. The van der Waals surface area contributed by atoms with E-state index in [1.165, 1.54) is 11.3 Å². The molecule has 0 bridgehead atoms. The molecule has 0 aliphatic carbocycles. The van der Waals surface area contributed by atoms with Gasteiger partial charge in [-0.2, -0.15) is 0 Å². The molecule has 4 nitrogen and oxygen atoms in total. The lowest BCUT2D eigenvalue weighted by atomic mass is 10.2. The van der Waals surface area contributed by atoms with Crippen molar-refractivity contribution in [2.24, 2.45) is 10.2 Å². The lowest BCUT2D eigenvalue weighted by Gasteiger charge is -2.00. The van der Waals surface area contributed by atoms with Gasteiger partial charge >= 0.3 is 5.97 Å². The Morgan fingerprint density at radius 2 is 2.00 bits per heavy atom. The van der Waals surface area contributed by atoms with Crippen LogP contribution in [0.25, 0.3) is 0 Å². The molecule has 1 aromatic carbocycles. The first-order chi connectivity index (χ1) is 8.79. The van der Waals surface area contributed by atoms with Crippen LogP contribution in [0.2, 0.25) is 0 Å². The molecule has 5 heteroatoms. The van der Waals surface area contributed by atoms with E-state index in [4.69, 9.17) is 4.74 Å². The second kappa shape index (κ2) is 6.07. The van der Waals surface area contributed by atoms with Crippen molar-refractivity contribution in [2.45, 2.75) is 6.92 Å². The van der Waals surface area contributed by atoms with Crippen molar-refractivity contribution < 1.29 is 9.53 Å². The van der Waals surface area contributed by atoms with Gasteiger partial charge in [0, 0.05) is 0 Å². The Kier molecular flexibility index (Phi) is 4.20. The number of benzene rings is 1. The molecular formula is C13H12N2O2S. The van der Waals surface area contributed by atoms with Gasteiger partial charge in [-0.1, -0.05) is 0 Å². The van der Waals surface area contributed by atoms with Gasteiger partial charge in [-0.05, 0) is 48.7 Å². The number of esters is 1. The highest BCUT2D eigenvalue weighted by atomic mass is 32.1. The smallest absolute Gasteiger partial charge is 0.338 e. The Labute approximate surface area is 109 Å². The highest BCUT2D eigenvalue weighted by Crippen LogP contribution is 2.22. The molecule has 0 radical (unpaired) electrons. The third kappa shape index (κ3) is 3.24. The standard InChI is InChI=1S/C13H12N2O2S/c1-2-17-13(16)10-5-7-11(8-6-10)14-15-12-4-3-9-18-12/h3-9H,2H2,1H3. The molecule has 0 N–H and O–H groups in total. The molecule has 0 aliphatic rings. The summed E-state index contributed by atoms with van der Waals surface area (Å²) in [7, 11) is 0. The molecule has 1 aromatic heterocycles. The van der Waals surface area contributed by atoms with Crippen molar-refractivity contribution in [3.63, 3.8) is 0 Å². The van der Waals surface area contributed by atoms with E-state index in [0.717, 1.165) is 5.00 Å². The van der Waals surface area contributed by atoms with Crippen LogP contribution < -0.4 is 0 Å². The summed E-state index contributed by atoms with van der Waals surface area (Å²) in [4.78, 5) is 11.4. The summed E-state index contributed by atoms with van der Waals surface area (Å²) in [5.74, 6) is -0.320. The van der Waals surface area contributed by atoms with Crippen LogP contribution in [0.4, 0.5) is 10.7 Å². The number of hydrogen-bond acceptors (Lipinski definition) is 5. The van der Waals surface area contributed by atoms with Crippen LogP contribution in [0.5, 0.6) is 0 Å². The van der Waals surface area contributed by atoms with Gasteiger partial charge in [0.15, 0.2) is 0 Å². The number of hydrogen-bond donors (Lipinski definition) is 0. The molecule has 2 rings (SSSR count). The third-order valence-corrected chi connectivity index (χ3v) is 2.90. The fourth-order valence-electron chi connectivity index (χ4n) is 1.31. The summed E-state index contributed by atoms with van der Waals surface area (Å²) in [6.07, 6.45) is 0. The molecule has 0 amide bonds. The van der Waals surface area contributed by atoms with E-state index in [9.17, 15) is 4.79 Å². The summed E-state index contributed by atoms with van der Waals surface area (Å²) in [6.45, 7) is 2.15. The predicted octanol–water partition coefficient (Wildman–Crippen LogP) is 4.34. The lowest BCUT2D eigenvalue weighted by molar-refractivity contribution is 0.0526. The summed E-state index contributed by atoms with van der Waals surface area (Å²) >= 11 is 1.52. The Bertz CT molecular complexity index is 533. The summed E-state index contributed by atoms with van der Waals surface area (Å²) < 4.78 is 4.90. The van der Waals surface area contributed by atoms with Crippen LogP contribution in [0.3, 0.4) is 0 Å². The van der Waals surface area contributed by atoms with Gasteiger partial charge in [-0.25, -0.2) is 4.79 Å². The largest absolute Gasteiger partial charge is 0.462 e. The van der Waals surface area contributed by atoms with Crippen molar-refractivity contribution in [3.8, 4) is 0 Å². The third-order valence-electron chi connectivity index (χ3n) is 2.15. The molecule has 0 unspecified atom stereocenters. The van der Waals surface area contributed by atoms with Crippen molar-refractivity contribution in [2.75, 3.05) is 6.61 Å². The lowest BCUT2D eigenvalue weighted by Crippen LogP contribution is -2.03. The zero-order valence-electron chi connectivity index (χ0n) is 9.87. The molecule has 0 saturated carbocycles. The minimum atomic E-state index is -0.320. The van der Waals surface area contributed by atoms with Crippen molar-refractivity contribution >= 4 is 28.0 Å². The maximum Gasteiger partial charge on any atom is 0.338 e. The number of rotatable bonds is 4. The average Bonchev–Trinajstić information content (AvgIpc) is 2.90. The van der Waals surface area contributed by atoms with E-state index in [0.29, 0.717) is 17.9 Å². The number of carbonyl (C=O) groups is 1. The number of nitrogens with zero attached hydrogens (tertiary/aromatic N) is 2. The number of ether oxygens (including phenoxy) is 1. The van der Waals surface area contributed by atoms with E-state index in [-0.39, 0.29) is 5.97 Å². The van der Waals surface area contributed by atoms with E-state index in [1.54, 1.807) is 31.2 Å². The van der Waals surface area contributed by atoms with Crippen LogP contribution in [-0.4, -0.2) is 12.6 Å². The van der Waals surface area contributed by atoms with Gasteiger partial charge in [-0.15, -0.1) is 21.6 Å². The zero-order valence-corrected chi connectivity index (χ0v) is 10.7. The van der Waals surface area contributed by atoms with E-state index >= 15 is 0 Å². The zero-order chi connectivity index (χ0) is 12.8. The molecule has 0 aliphatic heterocycles. The number of azo groups is 1. The predicted molar refractivity (Wildman–Crippen MR) is 70.9 cm³/mol. The Hall–Kier alpha value is -2.01. The van der Waals surface area contributed by atoms with Crippen LogP contribution in [0, 0.1) is 0 Å². The molecular weight excluding hydrogens is 248 g/mol. The van der Waals surface area contributed by atoms with E-state index in [2.05, 4.69) is 10.2 Å². The molecule has 92 valence electrons. The van der Waals surface area contributed by atoms with Crippen LogP contribution in [0.1, 0.15) is 17.3 Å². The first-order valence-corrected chi connectivity index (χ1v) is 6.40. The van der Waals surface area contributed by atoms with Crippen LogP contribution >= 0.6 is 11.3 Å². The maximum atomic E-state index is 11.4. The van der Waals surface area contributed by atoms with Gasteiger partial charge in [-0.3, -0.25) is 0 Å². The molecule has 0 fully saturated rings. The second-order valence-electron chi connectivity index (χ2n) is 3.42. The summed E-state index contributed by atoms with van der Waals surface area (Å²) in [6, 6.07) is 10.7. The normalized spacial score (nSPS) is 10.7. The van der Waals surface area contributed by atoms with Gasteiger partial charge in [0.2, 0.25) is 0 Å². The first-order valence-electron chi connectivity index (χ1n) is 5.52. The van der Waals surface area contributed by atoms with Gasteiger partial charge < -0.3 is 4.74 Å². The van der Waals surface area contributed by atoms with Gasteiger partial charge in [0.05, 0.1) is 17.9 Å². The molecule has 0 saturated heterocycles. The molecule has 18 heavy (non-hydrogen) atoms. The fourth-order valence-corrected chi connectivity index (χ4v) is 1.85. The Morgan fingerprint density at radius 3 is 2.61 bits per heavy atom. The minimum absolute atomic E-state index is 0.320. The molecule has 1 heterocycles. The SMILES string of the molecule is CCOC(=O)c1ccc(N=Nc2cccs2)cc1. The van der Waals surface area contributed by atoms with Crippen molar-refractivity contribution in [1.82, 2.24) is 0 Å². The highest BCUT2D eigenvalue weighted by Gasteiger charge is 2.04. The van der Waals surface area contributed by atoms with Crippen LogP contribution in [-0.2, 0) is 4.74 Å². The summed E-state index contributed by atoms with van der Waals surface area (Å²) in [5, 5.41) is 10.9. The van der Waals surface area contributed by atoms with Crippen LogP contribution in [0.15, 0.2) is 52.0 Å². The van der Waals surface area contributed by atoms with E-state index < -0.39 is 0 Å². The first kappa shape index (κ1) is 12.4. The maximum absolute atomic E-state index is 11.4. The topological polar surface area (TPSA) is 51.0 Å². The van der Waals surface area contributed by atoms with Crippen molar-refractivity contribution in [3.05, 3.63) is 47.3 Å². The van der Waals surface area contributed by atoms with Gasteiger partial charge in [0.25, 0.3) is 0 Å². The average molecular weight is 260 g/mol. The highest BCUT2D eigenvalue weighted by molar-refractivity contribution is 7.13. The molecule has 0 spiro atoms. The number of thiophene rings is 1. The molecule has 0 atom stereocenters. The quantitative estimate of drug-likeness (QED) is 0.606. The summed E-state index contributed by atoms with van der Waals surface area (Å²) in [5.41, 5.74) is 1.23. The Balaban J connectivity index is 2.06. The second-order valence-corrected chi connectivity index (χ2v) is 4.34. The monoisotopic (exact) mass is 260 g/mol. The minimum Gasteiger partial charge on any atom is -0.462 e. The fraction of sp³-hybridized carbons (Fsp3) is 0.154.